The van der Waals surface area contributed by atoms with Crippen LogP contribution in [-0.4, -0.2) is 45.5 Å². The summed E-state index contributed by atoms with van der Waals surface area (Å²) in [6, 6.07) is 7.93. The number of rotatable bonds is 4. The number of hydrogen-bond acceptors (Lipinski definition) is 5. The number of amides is 1. The van der Waals surface area contributed by atoms with Crippen LogP contribution in [0.3, 0.4) is 0 Å². The molecule has 4 heterocycles. The van der Waals surface area contributed by atoms with E-state index in [-0.39, 0.29) is 16.8 Å². The predicted molar refractivity (Wildman–Crippen MR) is 97.6 cm³/mol. The van der Waals surface area contributed by atoms with E-state index < -0.39 is 0 Å². The maximum absolute atomic E-state index is 12.3. The molecule has 2 aromatic heterocycles. The first-order valence-corrected chi connectivity index (χ1v) is 10.1. The van der Waals surface area contributed by atoms with E-state index in [1.165, 1.54) is 0 Å². The van der Waals surface area contributed by atoms with Crippen molar-refractivity contribution in [1.82, 2.24) is 9.88 Å². The third kappa shape index (κ3) is 3.23. The minimum atomic E-state index is 0.163. The topological polar surface area (TPSA) is 42.4 Å². The molecule has 0 radical (unpaired) electrons. The van der Waals surface area contributed by atoms with Crippen LogP contribution in [0.1, 0.15) is 28.2 Å². The van der Waals surface area contributed by atoms with Crippen LogP contribution in [-0.2, 0) is 11.3 Å². The van der Waals surface area contributed by atoms with Gasteiger partial charge in [0.05, 0.1) is 28.7 Å². The van der Waals surface area contributed by atoms with Crippen LogP contribution in [0, 0.1) is 6.92 Å². The SMILES string of the molecule is Cc1cccc(COC2CSC3(C2)CN(C(=O)c2ccsc2)C3)n1. The summed E-state index contributed by atoms with van der Waals surface area (Å²) in [6.45, 7) is 4.25. The second kappa shape index (κ2) is 6.50. The number of ether oxygens (including phenoxy) is 1. The van der Waals surface area contributed by atoms with Crippen LogP contribution in [0.5, 0.6) is 0 Å². The number of hydrogen-bond donors (Lipinski definition) is 0. The van der Waals surface area contributed by atoms with Gasteiger partial charge in [-0.15, -0.1) is 11.8 Å². The van der Waals surface area contributed by atoms with Gasteiger partial charge < -0.3 is 9.64 Å². The molecule has 126 valence electrons. The maximum atomic E-state index is 12.3. The molecule has 1 spiro atoms. The lowest BCUT2D eigenvalue weighted by molar-refractivity contribution is 0.0245. The molecule has 0 bridgehead atoms. The van der Waals surface area contributed by atoms with Crippen molar-refractivity contribution >= 4 is 29.0 Å². The summed E-state index contributed by atoms with van der Waals surface area (Å²) >= 11 is 3.53. The first-order chi connectivity index (χ1) is 11.6. The Hall–Kier alpha value is -1.37. The summed E-state index contributed by atoms with van der Waals surface area (Å²) in [5.74, 6) is 1.17. The monoisotopic (exact) mass is 360 g/mol. The van der Waals surface area contributed by atoms with Gasteiger partial charge in [0, 0.05) is 29.9 Å². The fourth-order valence-electron chi connectivity index (χ4n) is 3.37. The van der Waals surface area contributed by atoms with Gasteiger partial charge in [-0.05, 0) is 36.9 Å². The van der Waals surface area contributed by atoms with E-state index in [1.54, 1.807) is 11.3 Å². The molecule has 1 atom stereocenters. The van der Waals surface area contributed by atoms with Crippen LogP contribution in [0.4, 0.5) is 0 Å². The Morgan fingerprint density at radius 3 is 3.04 bits per heavy atom. The van der Waals surface area contributed by atoms with Crippen LogP contribution in [0.25, 0.3) is 0 Å². The van der Waals surface area contributed by atoms with Crippen LogP contribution >= 0.6 is 23.1 Å². The van der Waals surface area contributed by atoms with E-state index in [0.29, 0.717) is 6.61 Å². The van der Waals surface area contributed by atoms with Gasteiger partial charge >= 0.3 is 0 Å². The second-order valence-electron chi connectivity index (χ2n) is 6.57. The fourth-order valence-corrected chi connectivity index (χ4v) is 5.56. The van der Waals surface area contributed by atoms with Crippen molar-refractivity contribution in [3.8, 4) is 0 Å². The van der Waals surface area contributed by atoms with E-state index in [4.69, 9.17) is 4.74 Å². The zero-order valence-corrected chi connectivity index (χ0v) is 15.2. The normalized spacial score (nSPS) is 21.9. The molecule has 2 saturated heterocycles. The van der Waals surface area contributed by atoms with E-state index in [1.807, 2.05) is 58.6 Å². The van der Waals surface area contributed by atoms with Gasteiger partial charge in [0.1, 0.15) is 0 Å². The lowest BCUT2D eigenvalue weighted by Gasteiger charge is -2.47. The van der Waals surface area contributed by atoms with E-state index in [2.05, 4.69) is 4.98 Å². The Morgan fingerprint density at radius 1 is 1.42 bits per heavy atom. The number of nitrogens with zero attached hydrogens (tertiary/aromatic N) is 2. The number of aromatic nitrogens is 1. The summed E-state index contributed by atoms with van der Waals surface area (Å²) in [7, 11) is 0. The van der Waals surface area contributed by atoms with Crippen molar-refractivity contribution in [2.45, 2.75) is 30.8 Å². The summed E-state index contributed by atoms with van der Waals surface area (Å²) < 4.78 is 6.26. The van der Waals surface area contributed by atoms with Gasteiger partial charge in [-0.2, -0.15) is 11.3 Å². The van der Waals surface area contributed by atoms with Crippen LogP contribution < -0.4 is 0 Å². The van der Waals surface area contributed by atoms with Gasteiger partial charge in [0.15, 0.2) is 0 Å². The molecule has 0 N–H and O–H groups in total. The number of carbonyl (C=O) groups excluding carboxylic acids is 1. The first kappa shape index (κ1) is 16.1. The number of carbonyl (C=O) groups is 1. The lowest BCUT2D eigenvalue weighted by Crippen LogP contribution is -2.60. The highest BCUT2D eigenvalue weighted by Gasteiger charge is 2.51. The van der Waals surface area contributed by atoms with E-state index >= 15 is 0 Å². The van der Waals surface area contributed by atoms with Crippen molar-refractivity contribution in [2.75, 3.05) is 18.8 Å². The zero-order valence-electron chi connectivity index (χ0n) is 13.6. The quantitative estimate of drug-likeness (QED) is 0.838. The van der Waals surface area contributed by atoms with Crippen molar-refractivity contribution in [3.05, 3.63) is 52.0 Å². The molecular formula is C18H20N2O2S2. The van der Waals surface area contributed by atoms with Gasteiger partial charge in [0.25, 0.3) is 5.91 Å². The predicted octanol–water partition coefficient (Wildman–Crippen LogP) is 3.37. The summed E-state index contributed by atoms with van der Waals surface area (Å²) in [5, 5.41) is 3.88. The van der Waals surface area contributed by atoms with E-state index in [9.17, 15) is 4.79 Å². The molecule has 2 fully saturated rings. The van der Waals surface area contributed by atoms with Crippen molar-refractivity contribution in [2.24, 2.45) is 0 Å². The number of aryl methyl sites for hydroxylation is 1. The molecule has 6 heteroatoms. The van der Waals surface area contributed by atoms with Crippen molar-refractivity contribution in [1.29, 1.82) is 0 Å². The molecule has 1 amide bonds. The standard InChI is InChI=1S/C18H20N2O2S2/c1-13-3-2-4-15(19-13)8-22-16-7-18(24-10-16)11-20(12-18)17(21)14-5-6-23-9-14/h2-6,9,16H,7-8,10-12H2,1H3. The second-order valence-corrected chi connectivity index (χ2v) is 8.84. The summed E-state index contributed by atoms with van der Waals surface area (Å²) in [5.41, 5.74) is 2.83. The molecule has 0 aliphatic carbocycles. The molecule has 2 aliphatic rings. The van der Waals surface area contributed by atoms with Gasteiger partial charge in [0.2, 0.25) is 0 Å². The molecule has 4 nitrogen and oxygen atoms in total. The van der Waals surface area contributed by atoms with Gasteiger partial charge in [-0.3, -0.25) is 9.78 Å². The summed E-state index contributed by atoms with van der Waals surface area (Å²) in [4.78, 5) is 18.8. The average Bonchev–Trinajstić information content (AvgIpc) is 3.21. The molecule has 0 aromatic carbocycles. The number of thioether (sulfide) groups is 1. The Morgan fingerprint density at radius 2 is 2.29 bits per heavy atom. The Bertz CT molecular complexity index is 726. The van der Waals surface area contributed by atoms with Crippen molar-refractivity contribution < 1.29 is 9.53 Å². The molecule has 1 unspecified atom stereocenters. The largest absolute Gasteiger partial charge is 0.371 e. The number of thiophene rings is 1. The molecular weight excluding hydrogens is 340 g/mol. The first-order valence-electron chi connectivity index (χ1n) is 8.13. The highest BCUT2D eigenvalue weighted by Crippen LogP contribution is 2.46. The zero-order chi connectivity index (χ0) is 16.6. The number of likely N-dealkylation sites (tertiary alicyclic amines) is 1. The smallest absolute Gasteiger partial charge is 0.254 e. The molecule has 2 aromatic rings. The molecule has 24 heavy (non-hydrogen) atoms. The lowest BCUT2D eigenvalue weighted by atomic mass is 9.92. The minimum absolute atomic E-state index is 0.163. The molecule has 0 saturated carbocycles. The highest BCUT2D eigenvalue weighted by atomic mass is 32.2. The summed E-state index contributed by atoms with van der Waals surface area (Å²) in [6.07, 6.45) is 1.28. The fraction of sp³-hybridized carbons (Fsp3) is 0.444. The number of pyridine rings is 1. The minimum Gasteiger partial charge on any atom is -0.371 e. The van der Waals surface area contributed by atoms with Crippen LogP contribution in [0.2, 0.25) is 0 Å². The third-order valence-corrected chi connectivity index (χ3v) is 6.86. The Labute approximate surface area is 150 Å². The molecule has 2 aliphatic heterocycles. The Balaban J connectivity index is 1.28. The average molecular weight is 361 g/mol. The van der Waals surface area contributed by atoms with E-state index in [0.717, 1.165) is 42.2 Å². The van der Waals surface area contributed by atoms with Gasteiger partial charge in [-0.25, -0.2) is 0 Å². The Kier molecular flexibility index (Phi) is 4.37. The van der Waals surface area contributed by atoms with Crippen LogP contribution in [0.15, 0.2) is 35.0 Å². The van der Waals surface area contributed by atoms with Crippen molar-refractivity contribution in [3.63, 3.8) is 0 Å². The third-order valence-electron chi connectivity index (χ3n) is 4.60. The van der Waals surface area contributed by atoms with Gasteiger partial charge in [-0.1, -0.05) is 6.07 Å². The highest BCUT2D eigenvalue weighted by molar-refractivity contribution is 8.01. The maximum Gasteiger partial charge on any atom is 0.254 e. The molecule has 4 rings (SSSR count).